The lowest BCUT2D eigenvalue weighted by atomic mass is 12.0. The minimum Gasteiger partial charge on any atom is -0.269 e. The average Bonchev–Trinajstić information content (AvgIpc) is 0. The highest BCUT2D eigenvalue weighted by Gasteiger charge is 0.0000246. The molecule has 0 aromatic heterocycles. The van der Waals surface area contributed by atoms with Crippen LogP contribution in [0.3, 0.4) is 0 Å². The molecule has 5 heavy (non-hydrogen) atoms. The van der Waals surface area contributed by atoms with Gasteiger partial charge in [0.2, 0.25) is 0 Å². The molecule has 0 aromatic carbocycles. The van der Waals surface area contributed by atoms with Crippen molar-refractivity contribution in [2.75, 3.05) is 0 Å². The van der Waals surface area contributed by atoms with Crippen molar-refractivity contribution in [2.45, 2.75) is 0 Å². The maximum atomic E-state index is 0. The van der Waals surface area contributed by atoms with Gasteiger partial charge in [0.05, 0.1) is 0 Å². The largest absolute Gasteiger partial charge is 0.269 e. The lowest BCUT2D eigenvalue weighted by molar-refractivity contribution is 1.11. The smallest absolute Gasteiger partial charge is 0 e. The summed E-state index contributed by atoms with van der Waals surface area (Å²) in [7, 11) is 0. The summed E-state index contributed by atoms with van der Waals surface area (Å²) in [4.78, 5) is 0. The van der Waals surface area contributed by atoms with Gasteiger partial charge in [-0.2, -0.15) is 0 Å². The van der Waals surface area contributed by atoms with Crippen LogP contribution >= 0.6 is 37.2 Å². The van der Waals surface area contributed by atoms with Gasteiger partial charge in [-0.25, -0.2) is 0 Å². The fourth-order valence-electron chi connectivity index (χ4n) is 0. The van der Waals surface area contributed by atoms with Crippen molar-refractivity contribution in [1.29, 1.82) is 0 Å². The van der Waals surface area contributed by atoms with Crippen molar-refractivity contribution in [1.82, 2.24) is 0 Å². The molecule has 4 radical (unpaired) electrons. The third-order valence-corrected chi connectivity index (χ3v) is 0. The Morgan fingerprint density at radius 1 is 0.600 bits per heavy atom. The molecule has 36 valence electrons. The topological polar surface area (TPSA) is 0 Å². The van der Waals surface area contributed by atoms with Gasteiger partial charge in [0.15, 0.2) is 0 Å². The van der Waals surface area contributed by atoms with E-state index in [4.69, 9.17) is 0 Å². The normalized spacial score (nSPS) is 0. The summed E-state index contributed by atoms with van der Waals surface area (Å²) in [6, 6.07) is 0. The van der Waals surface area contributed by atoms with Crippen LogP contribution in [0.15, 0.2) is 0 Å². The van der Waals surface area contributed by atoms with Gasteiger partial charge in [0, 0.05) is 7.43 Å². The zero-order chi connectivity index (χ0) is 0. The molecule has 0 aliphatic rings. The highest BCUT2D eigenvalue weighted by atomic mass is 35.5. The first kappa shape index (κ1) is 209. The van der Waals surface area contributed by atoms with E-state index in [9.17, 15) is 0 Å². The maximum Gasteiger partial charge on any atom is 0 e. The zero-order valence-corrected chi connectivity index (χ0v) is 4.58. The Kier molecular flexibility index (Phi) is 4520. The van der Waals surface area contributed by atoms with E-state index in [-0.39, 0.29) is 49.4 Å². The molecule has 0 heterocycles. The molecule has 0 saturated heterocycles. The molecule has 0 fully saturated rings. The van der Waals surface area contributed by atoms with Crippen LogP contribution in [0.2, 0.25) is 0 Å². The number of halogens is 4. The molecule has 0 atom stereocenters. The minimum absolute atomic E-state index is 0. The van der Waals surface area contributed by atoms with E-state index in [0.29, 0.717) is 0 Å². The van der Waals surface area contributed by atoms with E-state index in [1.165, 1.54) is 0 Å². The predicted molar refractivity (Wildman–Crippen MR) is 27.5 cm³/mol. The third kappa shape index (κ3) is 58.8. The Labute approximate surface area is 49.9 Å². The maximum absolute atomic E-state index is 0. The number of hydrogen-bond acceptors (Lipinski definition) is 0. The Balaban J connectivity index is 0. The van der Waals surface area contributed by atoms with Gasteiger partial charge in [-0.15, -0.1) is 37.2 Å². The summed E-state index contributed by atoms with van der Waals surface area (Å²) in [6.45, 7) is 0. The standard InChI is InChI=1S/C.3ClH.FH/h;4*1H. The second kappa shape index (κ2) is 108. The van der Waals surface area contributed by atoms with Gasteiger partial charge in [0.1, 0.15) is 0 Å². The lowest BCUT2D eigenvalue weighted by Crippen LogP contribution is 0.0813. The van der Waals surface area contributed by atoms with Crippen molar-refractivity contribution < 1.29 is 4.70 Å². The van der Waals surface area contributed by atoms with Crippen LogP contribution in [0.1, 0.15) is 0 Å². The second-order valence-corrected chi connectivity index (χ2v) is 0. The first-order chi connectivity index (χ1) is 0. The fraction of sp³-hybridized carbons (Fsp3) is 0. The van der Waals surface area contributed by atoms with Gasteiger partial charge in [0.25, 0.3) is 0 Å². The summed E-state index contributed by atoms with van der Waals surface area (Å²) >= 11 is 0. The van der Waals surface area contributed by atoms with Crippen molar-refractivity contribution in [3.05, 3.63) is 7.43 Å². The molecule has 0 spiro atoms. The quantitative estimate of drug-likeness (QED) is 0.480. The summed E-state index contributed by atoms with van der Waals surface area (Å²) in [5.41, 5.74) is 0. The Morgan fingerprint density at radius 3 is 0.600 bits per heavy atom. The molecule has 0 N–H and O–H groups in total. The van der Waals surface area contributed by atoms with Crippen LogP contribution in [0.25, 0.3) is 0 Å². The zero-order valence-electron chi connectivity index (χ0n) is 2.13. The first-order valence-electron chi connectivity index (χ1n) is 0. The summed E-state index contributed by atoms with van der Waals surface area (Å²) < 4.78 is 0. The summed E-state index contributed by atoms with van der Waals surface area (Å²) in [5, 5.41) is 0. The Morgan fingerprint density at radius 2 is 0.600 bits per heavy atom. The Hall–Kier alpha value is 0.800. The van der Waals surface area contributed by atoms with Crippen molar-refractivity contribution in [2.24, 2.45) is 0 Å². The van der Waals surface area contributed by atoms with Gasteiger partial charge in [-0.1, -0.05) is 0 Å². The molecular formula is CH4Cl3F. The van der Waals surface area contributed by atoms with E-state index in [1.54, 1.807) is 0 Å². The Bertz CT molecular complexity index is 6.85. The van der Waals surface area contributed by atoms with E-state index in [1.807, 2.05) is 0 Å². The van der Waals surface area contributed by atoms with Gasteiger partial charge < -0.3 is 0 Å². The second-order valence-electron chi connectivity index (χ2n) is 0. The third-order valence-electron chi connectivity index (χ3n) is 0. The lowest BCUT2D eigenvalue weighted by Gasteiger charge is -0.269. The fourth-order valence-corrected chi connectivity index (χ4v) is 0. The highest BCUT2D eigenvalue weighted by molar-refractivity contribution is 5.86. The van der Waals surface area contributed by atoms with Crippen molar-refractivity contribution in [3.8, 4) is 0 Å². The first-order valence-corrected chi connectivity index (χ1v) is 0. The summed E-state index contributed by atoms with van der Waals surface area (Å²) in [6.07, 6.45) is 0. The van der Waals surface area contributed by atoms with Gasteiger partial charge in [-0.3, -0.25) is 4.70 Å². The molecule has 0 nitrogen and oxygen atoms in total. The molecular weight excluding hydrogens is 137 g/mol. The minimum atomic E-state index is 0. The number of rotatable bonds is 0. The molecule has 4 heteroatoms. The molecule has 0 aromatic rings. The van der Waals surface area contributed by atoms with E-state index in [0.717, 1.165) is 0 Å². The van der Waals surface area contributed by atoms with E-state index in [2.05, 4.69) is 0 Å². The molecule has 0 amide bonds. The molecule has 0 saturated carbocycles. The summed E-state index contributed by atoms with van der Waals surface area (Å²) in [5.74, 6) is 0. The number of hydrogen-bond donors (Lipinski definition) is 0. The average molecular weight is 141 g/mol. The van der Waals surface area contributed by atoms with Crippen LogP contribution in [-0.2, 0) is 0 Å². The van der Waals surface area contributed by atoms with Crippen LogP contribution < -0.4 is 0 Å². The molecule has 0 bridgehead atoms. The van der Waals surface area contributed by atoms with Crippen LogP contribution in [0.4, 0.5) is 4.70 Å². The van der Waals surface area contributed by atoms with Gasteiger partial charge in [-0.05, 0) is 0 Å². The monoisotopic (exact) mass is 140 g/mol. The van der Waals surface area contributed by atoms with E-state index < -0.39 is 0 Å². The van der Waals surface area contributed by atoms with Crippen LogP contribution in [-0.4, -0.2) is 0 Å². The van der Waals surface area contributed by atoms with Crippen molar-refractivity contribution in [3.63, 3.8) is 0 Å². The molecule has 0 unspecified atom stereocenters. The van der Waals surface area contributed by atoms with Crippen LogP contribution in [0.5, 0.6) is 0 Å². The van der Waals surface area contributed by atoms with Crippen molar-refractivity contribution >= 4 is 37.2 Å². The SMILES string of the molecule is Cl.Cl.Cl.F.[C]. The molecule has 0 aliphatic heterocycles. The van der Waals surface area contributed by atoms with Crippen LogP contribution in [0, 0.1) is 7.43 Å². The van der Waals surface area contributed by atoms with E-state index >= 15 is 0 Å². The molecule has 0 rings (SSSR count). The van der Waals surface area contributed by atoms with Gasteiger partial charge >= 0.3 is 0 Å². The molecule has 0 aliphatic carbocycles. The highest BCUT2D eigenvalue weighted by Crippen LogP contribution is 0.692. The predicted octanol–water partition coefficient (Wildman–Crippen LogP) is 1.50.